The first-order valence-corrected chi connectivity index (χ1v) is 6.03. The SMILES string of the molecule is Cc1ccccc1CC12CNCC(C1)C2. The Morgan fingerprint density at radius 1 is 1.33 bits per heavy atom. The molecule has 1 N–H and O–H groups in total. The summed E-state index contributed by atoms with van der Waals surface area (Å²) in [7, 11) is 0. The average molecular weight is 201 g/mol. The quantitative estimate of drug-likeness (QED) is 0.775. The van der Waals surface area contributed by atoms with Crippen LogP contribution >= 0.6 is 0 Å². The maximum absolute atomic E-state index is 3.56. The maximum atomic E-state index is 3.56. The fraction of sp³-hybridized carbons (Fsp3) is 0.571. The summed E-state index contributed by atoms with van der Waals surface area (Å²) in [5, 5.41) is 3.56. The van der Waals surface area contributed by atoms with Crippen molar-refractivity contribution in [3.8, 4) is 0 Å². The van der Waals surface area contributed by atoms with E-state index in [0.29, 0.717) is 5.41 Å². The first-order valence-electron chi connectivity index (χ1n) is 6.03. The van der Waals surface area contributed by atoms with E-state index in [1.807, 2.05) is 0 Å². The summed E-state index contributed by atoms with van der Waals surface area (Å²) < 4.78 is 0. The summed E-state index contributed by atoms with van der Waals surface area (Å²) in [5.74, 6) is 0.975. The first kappa shape index (κ1) is 9.41. The van der Waals surface area contributed by atoms with Crippen molar-refractivity contribution in [3.63, 3.8) is 0 Å². The Bertz CT molecular complexity index is 358. The van der Waals surface area contributed by atoms with E-state index in [1.165, 1.54) is 37.9 Å². The van der Waals surface area contributed by atoms with E-state index in [9.17, 15) is 0 Å². The van der Waals surface area contributed by atoms with Crippen LogP contribution in [0.25, 0.3) is 0 Å². The van der Waals surface area contributed by atoms with Crippen LogP contribution in [0.4, 0.5) is 0 Å². The van der Waals surface area contributed by atoms with E-state index in [4.69, 9.17) is 0 Å². The molecule has 2 aliphatic heterocycles. The molecule has 3 aliphatic rings. The molecule has 2 heterocycles. The van der Waals surface area contributed by atoms with Gasteiger partial charge in [-0.05, 0) is 55.2 Å². The summed E-state index contributed by atoms with van der Waals surface area (Å²) in [6.07, 6.45) is 4.19. The van der Waals surface area contributed by atoms with Gasteiger partial charge in [0.25, 0.3) is 0 Å². The fourth-order valence-corrected chi connectivity index (χ4v) is 3.41. The normalized spacial score (nSPS) is 33.5. The van der Waals surface area contributed by atoms with Gasteiger partial charge in [-0.2, -0.15) is 0 Å². The molecule has 2 bridgehead atoms. The molecule has 0 unspecified atom stereocenters. The number of hydrogen-bond donors (Lipinski definition) is 1. The molecule has 1 saturated carbocycles. The van der Waals surface area contributed by atoms with Crippen molar-refractivity contribution >= 4 is 0 Å². The van der Waals surface area contributed by atoms with Gasteiger partial charge in [-0.15, -0.1) is 0 Å². The van der Waals surface area contributed by atoms with Gasteiger partial charge in [-0.3, -0.25) is 0 Å². The van der Waals surface area contributed by atoms with Crippen molar-refractivity contribution in [2.45, 2.75) is 26.2 Å². The van der Waals surface area contributed by atoms with Crippen molar-refractivity contribution in [2.75, 3.05) is 13.1 Å². The number of piperidine rings is 2. The second-order valence-corrected chi connectivity index (χ2v) is 5.51. The van der Waals surface area contributed by atoms with Crippen molar-refractivity contribution in [1.82, 2.24) is 5.32 Å². The van der Waals surface area contributed by atoms with Gasteiger partial charge < -0.3 is 5.32 Å². The molecule has 0 amide bonds. The van der Waals surface area contributed by atoms with E-state index < -0.39 is 0 Å². The number of fused-ring (bicyclic) bond motifs is 2. The molecular weight excluding hydrogens is 182 g/mol. The van der Waals surface area contributed by atoms with E-state index in [2.05, 4.69) is 36.5 Å². The number of hydrogen-bond acceptors (Lipinski definition) is 1. The molecular formula is C14H19N. The Balaban J connectivity index is 1.78. The van der Waals surface area contributed by atoms with Gasteiger partial charge in [0, 0.05) is 6.54 Å². The molecule has 3 fully saturated rings. The lowest BCUT2D eigenvalue weighted by Crippen LogP contribution is -2.55. The molecule has 0 atom stereocenters. The molecule has 0 spiro atoms. The van der Waals surface area contributed by atoms with E-state index in [1.54, 1.807) is 5.56 Å². The lowest BCUT2D eigenvalue weighted by molar-refractivity contribution is 0.0144. The Morgan fingerprint density at radius 3 is 2.80 bits per heavy atom. The molecule has 1 aliphatic carbocycles. The second-order valence-electron chi connectivity index (χ2n) is 5.51. The van der Waals surface area contributed by atoms with Gasteiger partial charge in [0.05, 0.1) is 0 Å². The van der Waals surface area contributed by atoms with Gasteiger partial charge in [0.2, 0.25) is 0 Å². The lowest BCUT2D eigenvalue weighted by Gasteiger charge is -2.53. The molecule has 4 rings (SSSR count). The summed E-state index contributed by atoms with van der Waals surface area (Å²) in [5.41, 5.74) is 3.62. The second kappa shape index (κ2) is 3.34. The minimum Gasteiger partial charge on any atom is -0.316 e. The Morgan fingerprint density at radius 2 is 2.13 bits per heavy atom. The monoisotopic (exact) mass is 201 g/mol. The van der Waals surface area contributed by atoms with Gasteiger partial charge in [-0.1, -0.05) is 24.3 Å². The highest BCUT2D eigenvalue weighted by Gasteiger charge is 2.46. The first-order chi connectivity index (χ1) is 7.27. The molecule has 15 heavy (non-hydrogen) atoms. The van der Waals surface area contributed by atoms with Crippen LogP contribution in [-0.2, 0) is 6.42 Å². The highest BCUT2D eigenvalue weighted by atomic mass is 14.9. The largest absolute Gasteiger partial charge is 0.316 e. The van der Waals surface area contributed by atoms with Crippen LogP contribution < -0.4 is 5.32 Å². The van der Waals surface area contributed by atoms with Gasteiger partial charge in [0.15, 0.2) is 0 Å². The van der Waals surface area contributed by atoms with Crippen molar-refractivity contribution < 1.29 is 0 Å². The van der Waals surface area contributed by atoms with Crippen molar-refractivity contribution in [2.24, 2.45) is 11.3 Å². The molecule has 1 nitrogen and oxygen atoms in total. The fourth-order valence-electron chi connectivity index (χ4n) is 3.41. The van der Waals surface area contributed by atoms with E-state index in [0.717, 1.165) is 5.92 Å². The summed E-state index contributed by atoms with van der Waals surface area (Å²) >= 11 is 0. The number of rotatable bonds is 2. The Labute approximate surface area is 91.9 Å². The molecule has 80 valence electrons. The Hall–Kier alpha value is -0.820. The minimum atomic E-state index is 0.606. The molecule has 1 aromatic carbocycles. The van der Waals surface area contributed by atoms with Gasteiger partial charge in [-0.25, -0.2) is 0 Å². The molecule has 1 aromatic rings. The zero-order valence-corrected chi connectivity index (χ0v) is 9.42. The van der Waals surface area contributed by atoms with Crippen LogP contribution in [0.15, 0.2) is 24.3 Å². The van der Waals surface area contributed by atoms with Crippen LogP contribution in [0.2, 0.25) is 0 Å². The summed E-state index contributed by atoms with van der Waals surface area (Å²) in [4.78, 5) is 0. The predicted octanol–water partition coefficient (Wildman–Crippen LogP) is 2.54. The summed E-state index contributed by atoms with van der Waals surface area (Å²) in [6.45, 7) is 4.73. The molecule has 0 aromatic heterocycles. The predicted molar refractivity (Wildman–Crippen MR) is 62.9 cm³/mol. The van der Waals surface area contributed by atoms with Crippen LogP contribution in [-0.4, -0.2) is 13.1 Å². The standard InChI is InChI=1S/C14H19N/c1-11-4-2-3-5-13(11)8-14-6-12(7-14)9-15-10-14/h2-5,12,15H,6-10H2,1H3. The Kier molecular flexibility index (Phi) is 2.10. The molecule has 2 saturated heterocycles. The van der Waals surface area contributed by atoms with Crippen LogP contribution in [0, 0.1) is 18.3 Å². The zero-order valence-electron chi connectivity index (χ0n) is 9.42. The topological polar surface area (TPSA) is 12.0 Å². The van der Waals surface area contributed by atoms with Crippen LogP contribution in [0.3, 0.4) is 0 Å². The summed E-state index contributed by atoms with van der Waals surface area (Å²) in [6, 6.07) is 8.84. The third kappa shape index (κ3) is 1.59. The van der Waals surface area contributed by atoms with Crippen LogP contribution in [0.1, 0.15) is 24.0 Å². The number of aryl methyl sites for hydroxylation is 1. The van der Waals surface area contributed by atoms with Crippen molar-refractivity contribution in [3.05, 3.63) is 35.4 Å². The lowest BCUT2D eigenvalue weighted by atomic mass is 9.57. The zero-order chi connectivity index (χ0) is 10.3. The average Bonchev–Trinajstić information content (AvgIpc) is 2.21. The van der Waals surface area contributed by atoms with E-state index >= 15 is 0 Å². The third-order valence-corrected chi connectivity index (χ3v) is 4.20. The third-order valence-electron chi connectivity index (χ3n) is 4.20. The van der Waals surface area contributed by atoms with E-state index in [-0.39, 0.29) is 0 Å². The maximum Gasteiger partial charge on any atom is 0.00113 e. The number of benzene rings is 1. The smallest absolute Gasteiger partial charge is 0.00113 e. The minimum absolute atomic E-state index is 0.606. The van der Waals surface area contributed by atoms with Crippen LogP contribution in [0.5, 0.6) is 0 Å². The number of nitrogens with one attached hydrogen (secondary N) is 1. The van der Waals surface area contributed by atoms with Gasteiger partial charge >= 0.3 is 0 Å². The highest BCUT2D eigenvalue weighted by Crippen LogP contribution is 2.49. The van der Waals surface area contributed by atoms with Crippen molar-refractivity contribution in [1.29, 1.82) is 0 Å². The molecule has 1 heteroatoms. The highest BCUT2D eigenvalue weighted by molar-refractivity contribution is 5.27. The van der Waals surface area contributed by atoms with Gasteiger partial charge in [0.1, 0.15) is 0 Å². The molecule has 0 radical (unpaired) electrons.